The molecule has 3 N–H and O–H groups in total. The van der Waals surface area contributed by atoms with Crippen LogP contribution in [0.25, 0.3) is 5.65 Å². The van der Waals surface area contributed by atoms with E-state index in [0.717, 1.165) is 25.7 Å². The van der Waals surface area contributed by atoms with Gasteiger partial charge >= 0.3 is 0 Å². The molecule has 0 aromatic carbocycles. The molecule has 2 aromatic heterocycles. The summed E-state index contributed by atoms with van der Waals surface area (Å²) in [6.07, 6.45) is 3.30. The molecular formula is C15H20N4O5. The third-order valence-electron chi connectivity index (χ3n) is 4.71. The number of aromatic nitrogens is 4. The molecule has 9 nitrogen and oxygen atoms in total. The molecule has 9 heteroatoms. The normalized spacial score (nSPS) is 31.1. The molecule has 130 valence electrons. The lowest BCUT2D eigenvalue weighted by atomic mass is 10.1. The number of hydrogen-bond acceptors (Lipinski definition) is 8. The third kappa shape index (κ3) is 2.53. The minimum absolute atomic E-state index is 0.137. The Hall–Kier alpha value is -1.81. The SMILES string of the molecule is OC[C@H]1O[C@@H](c2cnc3c(OC4CCCC4)ncnn23)[C@H](O)[C@@H]1O. The zero-order chi connectivity index (χ0) is 16.7. The number of aliphatic hydroxyl groups excluding tert-OH is 3. The maximum atomic E-state index is 10.2. The Morgan fingerprint density at radius 1 is 1.21 bits per heavy atom. The Labute approximate surface area is 137 Å². The van der Waals surface area contributed by atoms with Crippen LogP contribution in [0.4, 0.5) is 0 Å². The van der Waals surface area contributed by atoms with Crippen molar-refractivity contribution in [2.24, 2.45) is 0 Å². The van der Waals surface area contributed by atoms with E-state index < -0.39 is 24.4 Å². The van der Waals surface area contributed by atoms with Crippen LogP contribution in [0.3, 0.4) is 0 Å². The van der Waals surface area contributed by atoms with Crippen LogP contribution in [0.1, 0.15) is 37.5 Å². The molecule has 4 atom stereocenters. The van der Waals surface area contributed by atoms with Gasteiger partial charge in [-0.1, -0.05) is 0 Å². The number of ether oxygens (including phenoxy) is 2. The minimum Gasteiger partial charge on any atom is -0.472 e. The van der Waals surface area contributed by atoms with Crippen LogP contribution in [-0.2, 0) is 4.74 Å². The first-order chi connectivity index (χ1) is 11.7. The van der Waals surface area contributed by atoms with E-state index >= 15 is 0 Å². The van der Waals surface area contributed by atoms with E-state index in [4.69, 9.17) is 9.47 Å². The summed E-state index contributed by atoms with van der Waals surface area (Å²) in [6.45, 7) is -0.378. The van der Waals surface area contributed by atoms with Crippen LogP contribution < -0.4 is 4.74 Å². The van der Waals surface area contributed by atoms with E-state index in [2.05, 4.69) is 15.1 Å². The molecule has 1 saturated carbocycles. The highest BCUT2D eigenvalue weighted by Crippen LogP contribution is 2.34. The molecule has 1 aliphatic heterocycles. The predicted molar refractivity (Wildman–Crippen MR) is 80.4 cm³/mol. The lowest BCUT2D eigenvalue weighted by molar-refractivity contribution is -0.0244. The second-order valence-corrected chi connectivity index (χ2v) is 6.27. The fourth-order valence-corrected chi connectivity index (χ4v) is 3.40. The predicted octanol–water partition coefficient (Wildman–Crippen LogP) is -0.400. The van der Waals surface area contributed by atoms with E-state index in [0.29, 0.717) is 17.2 Å². The van der Waals surface area contributed by atoms with Gasteiger partial charge in [0.1, 0.15) is 36.8 Å². The molecule has 4 rings (SSSR count). The highest BCUT2D eigenvalue weighted by atomic mass is 16.6. The first kappa shape index (κ1) is 15.7. The van der Waals surface area contributed by atoms with Gasteiger partial charge in [0.2, 0.25) is 5.65 Å². The highest BCUT2D eigenvalue weighted by molar-refractivity contribution is 5.49. The van der Waals surface area contributed by atoms with Crippen molar-refractivity contribution in [3.05, 3.63) is 18.2 Å². The topological polar surface area (TPSA) is 122 Å². The van der Waals surface area contributed by atoms with E-state index in [9.17, 15) is 15.3 Å². The van der Waals surface area contributed by atoms with Gasteiger partial charge in [-0.3, -0.25) is 0 Å². The van der Waals surface area contributed by atoms with Crippen LogP contribution in [0.2, 0.25) is 0 Å². The maximum Gasteiger partial charge on any atom is 0.261 e. The summed E-state index contributed by atoms with van der Waals surface area (Å²) in [7, 11) is 0. The van der Waals surface area contributed by atoms with Crippen LogP contribution in [0, 0.1) is 0 Å². The molecule has 0 unspecified atom stereocenters. The monoisotopic (exact) mass is 336 g/mol. The van der Waals surface area contributed by atoms with Gasteiger partial charge in [0.25, 0.3) is 5.88 Å². The second kappa shape index (κ2) is 6.25. The number of imidazole rings is 1. The van der Waals surface area contributed by atoms with Gasteiger partial charge in [-0.25, -0.2) is 9.50 Å². The average Bonchev–Trinajstić information content (AvgIpc) is 3.30. The molecule has 0 radical (unpaired) electrons. The molecule has 3 heterocycles. The van der Waals surface area contributed by atoms with Gasteiger partial charge in [0, 0.05) is 0 Å². The van der Waals surface area contributed by atoms with Gasteiger partial charge in [-0.15, -0.1) is 0 Å². The fourth-order valence-electron chi connectivity index (χ4n) is 3.40. The Morgan fingerprint density at radius 3 is 2.71 bits per heavy atom. The van der Waals surface area contributed by atoms with Gasteiger partial charge in [0.15, 0.2) is 0 Å². The van der Waals surface area contributed by atoms with Crippen LogP contribution >= 0.6 is 0 Å². The van der Waals surface area contributed by atoms with Crippen molar-refractivity contribution in [2.45, 2.75) is 56.2 Å². The van der Waals surface area contributed by atoms with Crippen LogP contribution in [0.5, 0.6) is 5.88 Å². The highest BCUT2D eigenvalue weighted by Gasteiger charge is 2.44. The number of rotatable bonds is 4. The van der Waals surface area contributed by atoms with Crippen molar-refractivity contribution >= 4 is 5.65 Å². The minimum atomic E-state index is -1.17. The molecular weight excluding hydrogens is 316 g/mol. The quantitative estimate of drug-likeness (QED) is 0.689. The van der Waals surface area contributed by atoms with Crippen molar-refractivity contribution in [3.63, 3.8) is 0 Å². The van der Waals surface area contributed by atoms with Gasteiger partial charge in [-0.05, 0) is 25.7 Å². The summed E-state index contributed by atoms with van der Waals surface area (Å²) in [5.74, 6) is 0.398. The van der Waals surface area contributed by atoms with Gasteiger partial charge in [-0.2, -0.15) is 10.1 Å². The van der Waals surface area contributed by atoms with Gasteiger partial charge < -0.3 is 24.8 Å². The average molecular weight is 336 g/mol. The lowest BCUT2D eigenvalue weighted by Gasteiger charge is -2.15. The number of fused-ring (bicyclic) bond motifs is 1. The van der Waals surface area contributed by atoms with Crippen molar-refractivity contribution in [1.29, 1.82) is 0 Å². The Morgan fingerprint density at radius 2 is 2.00 bits per heavy atom. The first-order valence-corrected chi connectivity index (χ1v) is 8.16. The maximum absolute atomic E-state index is 10.2. The van der Waals surface area contributed by atoms with Gasteiger partial charge in [0.05, 0.1) is 18.5 Å². The molecule has 1 aliphatic carbocycles. The van der Waals surface area contributed by atoms with Crippen LogP contribution in [-0.4, -0.2) is 65.9 Å². The lowest BCUT2D eigenvalue weighted by Crippen LogP contribution is -2.32. The molecule has 0 spiro atoms. The Bertz CT molecular complexity index is 717. The largest absolute Gasteiger partial charge is 0.472 e. The smallest absolute Gasteiger partial charge is 0.261 e. The number of aliphatic hydroxyl groups is 3. The number of nitrogens with zero attached hydrogens (tertiary/aromatic N) is 4. The summed E-state index contributed by atoms with van der Waals surface area (Å²) >= 11 is 0. The standard InChI is InChI=1S/C15H20N4O5/c20-6-10-11(21)12(22)13(24-10)9-5-16-14-15(17-7-18-19(9)14)23-8-3-1-2-4-8/h5,7-8,10-13,20-22H,1-4,6H2/t10-,11-,12-,13+/m1/s1. The molecule has 24 heavy (non-hydrogen) atoms. The van der Waals surface area contributed by atoms with Crippen LogP contribution in [0.15, 0.2) is 12.5 Å². The third-order valence-corrected chi connectivity index (χ3v) is 4.71. The Kier molecular flexibility index (Phi) is 4.09. The molecule has 2 fully saturated rings. The van der Waals surface area contributed by atoms with Crippen molar-refractivity contribution in [1.82, 2.24) is 19.6 Å². The molecule has 0 bridgehead atoms. The van der Waals surface area contributed by atoms with Crippen molar-refractivity contribution in [3.8, 4) is 5.88 Å². The Balaban J connectivity index is 1.65. The summed E-state index contributed by atoms with van der Waals surface area (Å²) in [5, 5.41) is 33.5. The molecule has 2 aromatic rings. The molecule has 1 saturated heterocycles. The van der Waals surface area contributed by atoms with E-state index in [1.807, 2.05) is 0 Å². The van der Waals surface area contributed by atoms with Crippen molar-refractivity contribution in [2.75, 3.05) is 6.61 Å². The van der Waals surface area contributed by atoms with E-state index in [1.165, 1.54) is 17.0 Å². The van der Waals surface area contributed by atoms with E-state index in [-0.39, 0.29) is 12.7 Å². The van der Waals surface area contributed by atoms with E-state index in [1.54, 1.807) is 0 Å². The summed E-state index contributed by atoms with van der Waals surface area (Å²) in [5.41, 5.74) is 0.920. The summed E-state index contributed by atoms with van der Waals surface area (Å²) in [4.78, 5) is 8.46. The molecule has 0 amide bonds. The summed E-state index contributed by atoms with van der Waals surface area (Å²) in [6, 6.07) is 0. The zero-order valence-corrected chi connectivity index (χ0v) is 13.0. The molecule has 2 aliphatic rings. The fraction of sp³-hybridized carbons (Fsp3) is 0.667. The van der Waals surface area contributed by atoms with Crippen molar-refractivity contribution < 1.29 is 24.8 Å². The second-order valence-electron chi connectivity index (χ2n) is 6.27. The summed E-state index contributed by atoms with van der Waals surface area (Å²) < 4.78 is 13.0. The first-order valence-electron chi connectivity index (χ1n) is 8.16. The number of hydrogen-bond donors (Lipinski definition) is 3. The zero-order valence-electron chi connectivity index (χ0n) is 13.0.